The van der Waals surface area contributed by atoms with Crippen LogP contribution in [0.15, 0.2) is 71.5 Å². The number of benzene rings is 2. The van der Waals surface area contributed by atoms with E-state index in [0.717, 1.165) is 29.9 Å². The second-order valence-corrected chi connectivity index (χ2v) is 7.42. The zero-order valence-corrected chi connectivity index (χ0v) is 15.8. The number of ether oxygens (including phenoxy) is 1. The molecule has 1 fully saturated rings. The van der Waals surface area contributed by atoms with Crippen molar-refractivity contribution in [1.29, 1.82) is 0 Å². The molecule has 0 N–H and O–H groups in total. The van der Waals surface area contributed by atoms with E-state index in [2.05, 4.69) is 99.3 Å². The van der Waals surface area contributed by atoms with Crippen LogP contribution < -0.4 is 0 Å². The topological polar surface area (TPSA) is 17.4 Å². The van der Waals surface area contributed by atoms with Gasteiger partial charge in [0.1, 0.15) is 6.23 Å². The van der Waals surface area contributed by atoms with Crippen LogP contribution in [0.25, 0.3) is 5.69 Å². The van der Waals surface area contributed by atoms with Crippen molar-refractivity contribution in [1.82, 2.24) is 9.47 Å². The lowest BCUT2D eigenvalue weighted by Gasteiger charge is -2.22. The number of hydrogen-bond acceptors (Lipinski definition) is 2. The van der Waals surface area contributed by atoms with Crippen LogP contribution in [-0.4, -0.2) is 22.6 Å². The van der Waals surface area contributed by atoms with E-state index in [9.17, 15) is 0 Å². The minimum Gasteiger partial charge on any atom is -0.357 e. The number of nitrogens with zero attached hydrogens (tertiary/aromatic N) is 2. The van der Waals surface area contributed by atoms with Crippen LogP contribution in [-0.2, 0) is 11.3 Å². The third-order valence-electron chi connectivity index (χ3n) is 4.62. The van der Waals surface area contributed by atoms with Crippen LogP contribution in [0.2, 0.25) is 0 Å². The molecule has 0 saturated carbocycles. The van der Waals surface area contributed by atoms with Gasteiger partial charge >= 0.3 is 0 Å². The highest BCUT2D eigenvalue weighted by Crippen LogP contribution is 2.29. The van der Waals surface area contributed by atoms with E-state index >= 15 is 0 Å². The molecule has 1 atom stereocenters. The van der Waals surface area contributed by atoms with Gasteiger partial charge in [0.25, 0.3) is 0 Å². The summed E-state index contributed by atoms with van der Waals surface area (Å²) in [5, 5.41) is 0. The highest BCUT2D eigenvalue weighted by molar-refractivity contribution is 9.10. The summed E-state index contributed by atoms with van der Waals surface area (Å²) >= 11 is 3.48. The molecule has 0 radical (unpaired) electrons. The van der Waals surface area contributed by atoms with Crippen molar-refractivity contribution in [2.24, 2.45) is 0 Å². The molecule has 1 saturated heterocycles. The van der Waals surface area contributed by atoms with E-state index in [1.807, 2.05) is 0 Å². The van der Waals surface area contributed by atoms with Gasteiger partial charge < -0.3 is 9.30 Å². The minimum atomic E-state index is 0.0259. The van der Waals surface area contributed by atoms with Crippen LogP contribution in [0.1, 0.15) is 22.9 Å². The minimum absolute atomic E-state index is 0.0259. The Labute approximate surface area is 157 Å². The third-order valence-corrected chi connectivity index (χ3v) is 5.15. The van der Waals surface area contributed by atoms with Crippen LogP contribution in [0.5, 0.6) is 0 Å². The van der Waals surface area contributed by atoms with E-state index in [1.165, 1.54) is 16.7 Å². The molecule has 0 aliphatic carbocycles. The fraction of sp³-hybridized carbons (Fsp3) is 0.238. The van der Waals surface area contributed by atoms with Gasteiger partial charge in [-0.25, -0.2) is 0 Å². The molecule has 3 nitrogen and oxygen atoms in total. The van der Waals surface area contributed by atoms with Crippen molar-refractivity contribution < 1.29 is 4.74 Å². The molecular weight excluding hydrogens is 376 g/mol. The highest BCUT2D eigenvalue weighted by Gasteiger charge is 2.27. The van der Waals surface area contributed by atoms with Gasteiger partial charge in [0, 0.05) is 41.2 Å². The molecule has 2 heterocycles. The molecule has 25 heavy (non-hydrogen) atoms. The van der Waals surface area contributed by atoms with Gasteiger partial charge in [-0.3, -0.25) is 4.90 Å². The quantitative estimate of drug-likeness (QED) is 0.611. The molecule has 128 valence electrons. The largest absolute Gasteiger partial charge is 0.357 e. The van der Waals surface area contributed by atoms with Crippen LogP contribution >= 0.6 is 15.9 Å². The smallest absolute Gasteiger partial charge is 0.138 e. The fourth-order valence-corrected chi connectivity index (χ4v) is 3.50. The number of halogens is 1. The maximum absolute atomic E-state index is 6.02. The lowest BCUT2D eigenvalue weighted by molar-refractivity contribution is 0.0288. The van der Waals surface area contributed by atoms with Gasteiger partial charge in [-0.05, 0) is 42.8 Å². The Morgan fingerprint density at radius 1 is 1.04 bits per heavy atom. The number of aryl methyl sites for hydroxylation is 1. The van der Waals surface area contributed by atoms with E-state index in [1.54, 1.807) is 0 Å². The second-order valence-electron chi connectivity index (χ2n) is 6.51. The molecule has 2 aromatic carbocycles. The van der Waals surface area contributed by atoms with Crippen molar-refractivity contribution in [2.75, 3.05) is 13.2 Å². The monoisotopic (exact) mass is 396 g/mol. The maximum atomic E-state index is 6.02. The summed E-state index contributed by atoms with van der Waals surface area (Å²) in [6.07, 6.45) is 4.30. The predicted molar refractivity (Wildman–Crippen MR) is 104 cm³/mol. The molecule has 4 rings (SSSR count). The van der Waals surface area contributed by atoms with Crippen molar-refractivity contribution in [3.8, 4) is 5.69 Å². The Balaban J connectivity index is 1.52. The third kappa shape index (κ3) is 3.71. The summed E-state index contributed by atoms with van der Waals surface area (Å²) in [5.74, 6) is 0. The summed E-state index contributed by atoms with van der Waals surface area (Å²) in [6.45, 7) is 4.77. The molecule has 1 aliphatic rings. The summed E-state index contributed by atoms with van der Waals surface area (Å²) in [7, 11) is 0. The van der Waals surface area contributed by atoms with Gasteiger partial charge in [-0.2, -0.15) is 0 Å². The molecule has 1 aliphatic heterocycles. The number of rotatable bonds is 4. The summed E-state index contributed by atoms with van der Waals surface area (Å²) < 4.78 is 9.26. The van der Waals surface area contributed by atoms with Gasteiger partial charge in [0.05, 0.1) is 6.61 Å². The molecular formula is C21H21BrN2O. The lowest BCUT2D eigenvalue weighted by atomic mass is 10.1. The standard InChI is InChI=1S/C21H21BrN2O/c1-16-2-4-17(5-3-16)14-24-12-13-25-21(24)18-10-11-23(15-18)20-8-6-19(22)7-9-20/h2-11,15,21H,12-14H2,1H3. The van der Waals surface area contributed by atoms with Gasteiger partial charge in [-0.15, -0.1) is 0 Å². The summed E-state index contributed by atoms with van der Waals surface area (Å²) in [6, 6.07) is 19.2. The summed E-state index contributed by atoms with van der Waals surface area (Å²) in [5.41, 5.74) is 4.98. The molecule has 1 unspecified atom stereocenters. The van der Waals surface area contributed by atoms with E-state index < -0.39 is 0 Å². The van der Waals surface area contributed by atoms with Crippen LogP contribution in [0.3, 0.4) is 0 Å². The lowest BCUT2D eigenvalue weighted by Crippen LogP contribution is -2.23. The molecule has 0 spiro atoms. The van der Waals surface area contributed by atoms with E-state index in [0.29, 0.717) is 0 Å². The first-order valence-corrected chi connectivity index (χ1v) is 9.33. The normalized spacial score (nSPS) is 17.9. The molecule has 3 aromatic rings. The highest BCUT2D eigenvalue weighted by atomic mass is 79.9. The molecule has 1 aromatic heterocycles. The van der Waals surface area contributed by atoms with Crippen LogP contribution in [0, 0.1) is 6.92 Å². The Morgan fingerprint density at radius 3 is 2.56 bits per heavy atom. The van der Waals surface area contributed by atoms with E-state index in [4.69, 9.17) is 4.74 Å². The second kappa shape index (κ2) is 7.16. The zero-order chi connectivity index (χ0) is 17.2. The average Bonchev–Trinajstić information content (AvgIpc) is 3.27. The van der Waals surface area contributed by atoms with Gasteiger partial charge in [0.15, 0.2) is 0 Å². The van der Waals surface area contributed by atoms with Crippen molar-refractivity contribution in [3.05, 3.63) is 88.2 Å². The summed E-state index contributed by atoms with van der Waals surface area (Å²) in [4.78, 5) is 2.39. The van der Waals surface area contributed by atoms with Gasteiger partial charge in [-0.1, -0.05) is 45.8 Å². The zero-order valence-electron chi connectivity index (χ0n) is 14.2. The Hall–Kier alpha value is -1.88. The van der Waals surface area contributed by atoms with E-state index in [-0.39, 0.29) is 6.23 Å². The van der Waals surface area contributed by atoms with Crippen molar-refractivity contribution in [3.63, 3.8) is 0 Å². The Kier molecular flexibility index (Phi) is 4.75. The Bertz CT molecular complexity index is 839. The first-order chi connectivity index (χ1) is 12.2. The maximum Gasteiger partial charge on any atom is 0.138 e. The van der Waals surface area contributed by atoms with Crippen molar-refractivity contribution in [2.45, 2.75) is 19.7 Å². The molecule has 4 heteroatoms. The van der Waals surface area contributed by atoms with Crippen LogP contribution in [0.4, 0.5) is 0 Å². The first-order valence-electron chi connectivity index (χ1n) is 8.54. The predicted octanol–water partition coefficient (Wildman–Crippen LogP) is 5.08. The fourth-order valence-electron chi connectivity index (χ4n) is 3.23. The SMILES string of the molecule is Cc1ccc(CN2CCOC2c2ccn(-c3ccc(Br)cc3)c2)cc1. The molecule has 0 bridgehead atoms. The molecule has 0 amide bonds. The van der Waals surface area contributed by atoms with Crippen molar-refractivity contribution >= 4 is 15.9 Å². The average molecular weight is 397 g/mol. The Morgan fingerprint density at radius 2 is 1.80 bits per heavy atom. The first kappa shape index (κ1) is 16.6. The number of hydrogen-bond donors (Lipinski definition) is 0. The number of aromatic nitrogens is 1. The van der Waals surface area contributed by atoms with Gasteiger partial charge in [0.2, 0.25) is 0 Å².